The lowest BCUT2D eigenvalue weighted by Crippen LogP contribution is -2.47. The van der Waals surface area contributed by atoms with Gasteiger partial charge >= 0.3 is 6.09 Å². The van der Waals surface area contributed by atoms with Crippen LogP contribution in [0.4, 0.5) is 14.9 Å². The van der Waals surface area contributed by atoms with Gasteiger partial charge in [0.05, 0.1) is 19.3 Å². The van der Waals surface area contributed by atoms with Crippen molar-refractivity contribution in [1.82, 2.24) is 9.80 Å². The van der Waals surface area contributed by atoms with E-state index >= 15 is 4.39 Å². The van der Waals surface area contributed by atoms with Gasteiger partial charge in [0, 0.05) is 44.8 Å². The molecular weight excluding hydrogens is 357 g/mol. The number of ether oxygens (including phenoxy) is 1. The zero-order valence-corrected chi connectivity index (χ0v) is 16.8. The Kier molecular flexibility index (Phi) is 6.52. The predicted molar refractivity (Wildman–Crippen MR) is 109 cm³/mol. The number of piperazine rings is 1. The molecule has 1 saturated heterocycles. The standard InChI is InChI=1S/C22H28FN3O2/c1-17(18-8-5-4-6-9-18)25-12-14-26(15-13-25)20-11-7-10-19(21(20)23)16-24(2)22(27)28-3/h4-11,17H,12-16H2,1-3H3. The summed E-state index contributed by atoms with van der Waals surface area (Å²) in [6.45, 7) is 5.69. The van der Waals surface area contributed by atoms with Crippen LogP contribution in [0, 0.1) is 5.82 Å². The number of rotatable bonds is 5. The molecule has 3 rings (SSSR count). The van der Waals surface area contributed by atoms with Gasteiger partial charge in [0.15, 0.2) is 5.82 Å². The van der Waals surface area contributed by atoms with Crippen molar-refractivity contribution >= 4 is 11.8 Å². The van der Waals surface area contributed by atoms with Crippen molar-refractivity contribution in [3.05, 3.63) is 65.5 Å². The minimum Gasteiger partial charge on any atom is -0.453 e. The topological polar surface area (TPSA) is 36.0 Å². The maximum Gasteiger partial charge on any atom is 0.409 e. The Morgan fingerprint density at radius 2 is 1.79 bits per heavy atom. The molecule has 0 saturated carbocycles. The summed E-state index contributed by atoms with van der Waals surface area (Å²) in [4.78, 5) is 17.5. The van der Waals surface area contributed by atoms with Gasteiger partial charge in [0.1, 0.15) is 0 Å². The van der Waals surface area contributed by atoms with Crippen LogP contribution in [-0.4, -0.2) is 56.2 Å². The summed E-state index contributed by atoms with van der Waals surface area (Å²) >= 11 is 0. The number of hydrogen-bond acceptors (Lipinski definition) is 4. The Morgan fingerprint density at radius 3 is 2.43 bits per heavy atom. The fourth-order valence-electron chi connectivity index (χ4n) is 3.70. The molecule has 6 heteroatoms. The number of hydrogen-bond donors (Lipinski definition) is 0. The lowest BCUT2D eigenvalue weighted by Gasteiger charge is -2.39. The van der Waals surface area contributed by atoms with Crippen molar-refractivity contribution in [3.63, 3.8) is 0 Å². The van der Waals surface area contributed by atoms with Crippen LogP contribution in [0.5, 0.6) is 0 Å². The molecule has 150 valence electrons. The molecule has 2 aromatic rings. The third kappa shape index (κ3) is 4.44. The number of methoxy groups -OCH3 is 1. The van der Waals surface area contributed by atoms with Gasteiger partial charge in [0.25, 0.3) is 0 Å². The van der Waals surface area contributed by atoms with Crippen LogP contribution in [0.15, 0.2) is 48.5 Å². The second kappa shape index (κ2) is 9.06. The highest BCUT2D eigenvalue weighted by Gasteiger charge is 2.24. The molecule has 1 unspecified atom stereocenters. The van der Waals surface area contributed by atoms with Crippen LogP contribution in [0.25, 0.3) is 0 Å². The van der Waals surface area contributed by atoms with Gasteiger partial charge in [-0.1, -0.05) is 42.5 Å². The average molecular weight is 385 g/mol. The van der Waals surface area contributed by atoms with Crippen LogP contribution in [0.2, 0.25) is 0 Å². The molecule has 1 heterocycles. The van der Waals surface area contributed by atoms with Crippen LogP contribution in [-0.2, 0) is 11.3 Å². The van der Waals surface area contributed by atoms with Crippen molar-refractivity contribution in [2.75, 3.05) is 45.2 Å². The molecule has 0 aromatic heterocycles. The SMILES string of the molecule is COC(=O)N(C)Cc1cccc(N2CCN(C(C)c3ccccc3)CC2)c1F. The maximum absolute atomic E-state index is 15.1. The minimum absolute atomic E-state index is 0.178. The van der Waals surface area contributed by atoms with Gasteiger partial charge in [0.2, 0.25) is 0 Å². The Labute approximate surface area is 166 Å². The first-order chi connectivity index (χ1) is 13.5. The van der Waals surface area contributed by atoms with Gasteiger partial charge in [-0.15, -0.1) is 0 Å². The summed E-state index contributed by atoms with van der Waals surface area (Å²) in [6.07, 6.45) is -0.478. The molecule has 1 aliphatic rings. The number of carbonyl (C=O) groups excluding carboxylic acids is 1. The second-order valence-electron chi connectivity index (χ2n) is 7.19. The van der Waals surface area contributed by atoms with E-state index in [9.17, 15) is 4.79 Å². The molecule has 0 bridgehead atoms. The van der Waals surface area contributed by atoms with Gasteiger partial charge in [-0.05, 0) is 18.6 Å². The van der Waals surface area contributed by atoms with Gasteiger partial charge in [-0.3, -0.25) is 4.90 Å². The molecule has 1 aliphatic heterocycles. The molecule has 28 heavy (non-hydrogen) atoms. The summed E-state index contributed by atoms with van der Waals surface area (Å²) in [6, 6.07) is 16.2. The lowest BCUT2D eigenvalue weighted by atomic mass is 10.1. The third-order valence-corrected chi connectivity index (χ3v) is 5.44. The maximum atomic E-state index is 15.1. The normalized spacial score (nSPS) is 15.9. The van der Waals surface area contributed by atoms with E-state index in [-0.39, 0.29) is 12.4 Å². The predicted octanol–water partition coefficient (Wildman–Crippen LogP) is 3.91. The first kappa shape index (κ1) is 20.1. The van der Waals surface area contributed by atoms with Gasteiger partial charge < -0.3 is 14.5 Å². The number of nitrogens with zero attached hydrogens (tertiary/aromatic N) is 3. The Hall–Kier alpha value is -2.60. The summed E-state index contributed by atoms with van der Waals surface area (Å²) < 4.78 is 19.8. The Morgan fingerprint density at radius 1 is 1.11 bits per heavy atom. The summed E-state index contributed by atoms with van der Waals surface area (Å²) in [5.41, 5.74) is 2.39. The molecule has 0 radical (unpaired) electrons. The smallest absolute Gasteiger partial charge is 0.409 e. The zero-order chi connectivity index (χ0) is 20.1. The molecule has 1 fully saturated rings. The lowest BCUT2D eigenvalue weighted by molar-refractivity contribution is 0.131. The van der Waals surface area contributed by atoms with E-state index in [1.54, 1.807) is 13.1 Å². The number of carbonyl (C=O) groups is 1. The van der Waals surface area contributed by atoms with E-state index in [0.29, 0.717) is 17.3 Å². The van der Waals surface area contributed by atoms with E-state index in [2.05, 4.69) is 45.7 Å². The van der Waals surface area contributed by atoms with E-state index in [1.807, 2.05) is 18.2 Å². The van der Waals surface area contributed by atoms with Crippen LogP contribution >= 0.6 is 0 Å². The first-order valence-corrected chi connectivity index (χ1v) is 9.61. The van der Waals surface area contributed by atoms with E-state index in [0.717, 1.165) is 26.2 Å². The minimum atomic E-state index is -0.478. The molecule has 0 N–H and O–H groups in total. The van der Waals surface area contributed by atoms with Crippen molar-refractivity contribution in [2.24, 2.45) is 0 Å². The van der Waals surface area contributed by atoms with Crippen molar-refractivity contribution in [2.45, 2.75) is 19.5 Å². The van der Waals surface area contributed by atoms with Gasteiger partial charge in [-0.2, -0.15) is 0 Å². The molecular formula is C22H28FN3O2. The highest BCUT2D eigenvalue weighted by atomic mass is 19.1. The molecule has 0 aliphatic carbocycles. The quantitative estimate of drug-likeness (QED) is 0.782. The number of amides is 1. The zero-order valence-electron chi connectivity index (χ0n) is 16.8. The molecule has 5 nitrogen and oxygen atoms in total. The first-order valence-electron chi connectivity index (χ1n) is 9.61. The summed E-state index contributed by atoms with van der Waals surface area (Å²) in [5, 5.41) is 0. The van der Waals surface area contributed by atoms with E-state index in [1.165, 1.54) is 17.6 Å². The fraction of sp³-hybridized carbons (Fsp3) is 0.409. The fourth-order valence-corrected chi connectivity index (χ4v) is 3.70. The number of anilines is 1. The number of benzene rings is 2. The third-order valence-electron chi connectivity index (χ3n) is 5.44. The Bertz CT molecular complexity index is 792. The Balaban J connectivity index is 1.66. The number of halogens is 1. The van der Waals surface area contributed by atoms with Gasteiger partial charge in [-0.25, -0.2) is 9.18 Å². The summed E-state index contributed by atoms with van der Waals surface area (Å²) in [5.74, 6) is -0.261. The molecule has 1 amide bonds. The van der Waals surface area contributed by atoms with Crippen molar-refractivity contribution < 1.29 is 13.9 Å². The highest BCUT2D eigenvalue weighted by molar-refractivity contribution is 5.67. The van der Waals surface area contributed by atoms with E-state index in [4.69, 9.17) is 0 Å². The molecule has 1 atom stereocenters. The average Bonchev–Trinajstić information content (AvgIpc) is 2.74. The van der Waals surface area contributed by atoms with Crippen LogP contribution in [0.3, 0.4) is 0 Å². The summed E-state index contributed by atoms with van der Waals surface area (Å²) in [7, 11) is 2.92. The van der Waals surface area contributed by atoms with Crippen molar-refractivity contribution in [1.29, 1.82) is 0 Å². The van der Waals surface area contributed by atoms with E-state index < -0.39 is 6.09 Å². The van der Waals surface area contributed by atoms with Crippen molar-refractivity contribution in [3.8, 4) is 0 Å². The largest absolute Gasteiger partial charge is 0.453 e. The molecule has 0 spiro atoms. The van der Waals surface area contributed by atoms with Crippen LogP contribution in [0.1, 0.15) is 24.1 Å². The van der Waals surface area contributed by atoms with Crippen LogP contribution < -0.4 is 4.90 Å². The monoisotopic (exact) mass is 385 g/mol. The molecule has 2 aromatic carbocycles. The highest BCUT2D eigenvalue weighted by Crippen LogP contribution is 2.27. The second-order valence-corrected chi connectivity index (χ2v) is 7.19.